The highest BCUT2D eigenvalue weighted by Gasteiger charge is 2.16. The van der Waals surface area contributed by atoms with E-state index in [1.165, 1.54) is 5.56 Å². The third-order valence-corrected chi connectivity index (χ3v) is 4.11. The molecule has 2 aromatic rings. The minimum Gasteiger partial charge on any atom is -0.384 e. The van der Waals surface area contributed by atoms with E-state index in [9.17, 15) is 9.59 Å². The summed E-state index contributed by atoms with van der Waals surface area (Å²) in [4.78, 5) is 24.7. The first kappa shape index (κ1) is 15.3. The molecule has 0 saturated heterocycles. The van der Waals surface area contributed by atoms with E-state index in [1.807, 2.05) is 32.2 Å². The number of hydrogen-bond donors (Lipinski definition) is 2. The van der Waals surface area contributed by atoms with Crippen molar-refractivity contribution in [2.45, 2.75) is 26.8 Å². The molecule has 1 aliphatic heterocycles. The number of hydrogen-bond acceptors (Lipinski definition) is 3. The average molecular weight is 311 g/mol. The topological polar surface area (TPSA) is 63.1 Å². The highest BCUT2D eigenvalue weighted by Crippen LogP contribution is 2.25. The summed E-state index contributed by atoms with van der Waals surface area (Å²) >= 11 is 0. The molecule has 0 bridgehead atoms. The standard InChI is InChI=1S/C18H21N3O2/c1-3-19-17(22)15-9-12(2)10-21(18(15)23)11-13-5-4-6-16-14(13)7-8-20-16/h4-6,9-10,20H,3,7-8,11H2,1-2H3,(H,19,22). The molecular formula is C18H21N3O2. The van der Waals surface area contributed by atoms with Crippen LogP contribution < -0.4 is 16.2 Å². The first-order valence-corrected chi connectivity index (χ1v) is 7.94. The minimum absolute atomic E-state index is 0.206. The molecule has 0 fully saturated rings. The zero-order valence-corrected chi connectivity index (χ0v) is 13.5. The zero-order chi connectivity index (χ0) is 16.4. The van der Waals surface area contributed by atoms with Crippen LogP contribution in [0.25, 0.3) is 0 Å². The van der Waals surface area contributed by atoms with Crippen LogP contribution in [0, 0.1) is 6.92 Å². The van der Waals surface area contributed by atoms with Gasteiger partial charge in [0.1, 0.15) is 5.56 Å². The monoisotopic (exact) mass is 311 g/mol. The van der Waals surface area contributed by atoms with Gasteiger partial charge in [-0.25, -0.2) is 0 Å². The van der Waals surface area contributed by atoms with Crippen molar-refractivity contribution in [2.75, 3.05) is 18.4 Å². The highest BCUT2D eigenvalue weighted by molar-refractivity contribution is 5.93. The van der Waals surface area contributed by atoms with Gasteiger partial charge >= 0.3 is 0 Å². The van der Waals surface area contributed by atoms with Gasteiger partial charge in [-0.15, -0.1) is 0 Å². The maximum atomic E-state index is 12.6. The number of benzene rings is 1. The van der Waals surface area contributed by atoms with Crippen molar-refractivity contribution in [2.24, 2.45) is 0 Å². The van der Waals surface area contributed by atoms with Gasteiger partial charge in [0.15, 0.2) is 0 Å². The smallest absolute Gasteiger partial charge is 0.263 e. The number of amides is 1. The number of carbonyl (C=O) groups excluding carboxylic acids is 1. The Morgan fingerprint density at radius 1 is 1.39 bits per heavy atom. The summed E-state index contributed by atoms with van der Waals surface area (Å²) in [6.07, 6.45) is 2.78. The number of nitrogens with zero attached hydrogens (tertiary/aromatic N) is 1. The van der Waals surface area contributed by atoms with E-state index in [1.54, 1.807) is 10.6 Å². The lowest BCUT2D eigenvalue weighted by Crippen LogP contribution is -2.33. The van der Waals surface area contributed by atoms with Crippen LogP contribution in [-0.4, -0.2) is 23.6 Å². The lowest BCUT2D eigenvalue weighted by molar-refractivity contribution is 0.0953. The number of pyridine rings is 1. The maximum absolute atomic E-state index is 12.6. The molecule has 0 atom stereocenters. The summed E-state index contributed by atoms with van der Waals surface area (Å²) in [7, 11) is 0. The SMILES string of the molecule is CCNC(=O)c1cc(C)cn(Cc2cccc3c2CCN3)c1=O. The van der Waals surface area contributed by atoms with Crippen molar-refractivity contribution in [3.63, 3.8) is 0 Å². The van der Waals surface area contributed by atoms with Gasteiger partial charge < -0.3 is 15.2 Å². The Morgan fingerprint density at radius 2 is 2.22 bits per heavy atom. The van der Waals surface area contributed by atoms with E-state index < -0.39 is 0 Å². The number of carbonyl (C=O) groups is 1. The van der Waals surface area contributed by atoms with Gasteiger partial charge in [-0.3, -0.25) is 9.59 Å². The molecule has 5 heteroatoms. The molecule has 23 heavy (non-hydrogen) atoms. The Balaban J connectivity index is 2.00. The molecule has 1 aromatic heterocycles. The molecule has 1 amide bonds. The largest absolute Gasteiger partial charge is 0.384 e. The predicted molar refractivity (Wildman–Crippen MR) is 91.2 cm³/mol. The van der Waals surface area contributed by atoms with Crippen LogP contribution in [0.1, 0.15) is 34.0 Å². The molecule has 1 aromatic carbocycles. The van der Waals surface area contributed by atoms with Gasteiger partial charge in [0.2, 0.25) is 0 Å². The van der Waals surface area contributed by atoms with E-state index in [-0.39, 0.29) is 17.0 Å². The number of aromatic nitrogens is 1. The predicted octanol–water partition coefficient (Wildman–Crippen LogP) is 1.92. The van der Waals surface area contributed by atoms with E-state index in [0.29, 0.717) is 13.1 Å². The number of nitrogens with one attached hydrogen (secondary N) is 2. The number of rotatable bonds is 4. The van der Waals surface area contributed by atoms with Crippen molar-refractivity contribution in [3.8, 4) is 0 Å². The normalized spacial score (nSPS) is 12.6. The fourth-order valence-electron chi connectivity index (χ4n) is 3.07. The molecule has 2 heterocycles. The van der Waals surface area contributed by atoms with Crippen molar-refractivity contribution in [1.29, 1.82) is 0 Å². The summed E-state index contributed by atoms with van der Waals surface area (Å²) < 4.78 is 1.63. The molecule has 0 radical (unpaired) electrons. The number of anilines is 1. The second-order valence-electron chi connectivity index (χ2n) is 5.84. The Kier molecular flexibility index (Phi) is 4.19. The minimum atomic E-state index is -0.310. The fourth-order valence-corrected chi connectivity index (χ4v) is 3.07. The molecule has 1 aliphatic rings. The third-order valence-electron chi connectivity index (χ3n) is 4.11. The van der Waals surface area contributed by atoms with Crippen LogP contribution in [0.2, 0.25) is 0 Å². The van der Waals surface area contributed by atoms with Crippen molar-refractivity contribution < 1.29 is 4.79 Å². The molecule has 5 nitrogen and oxygen atoms in total. The zero-order valence-electron chi connectivity index (χ0n) is 13.5. The Labute approximate surface area is 135 Å². The van der Waals surface area contributed by atoms with Crippen LogP contribution in [-0.2, 0) is 13.0 Å². The van der Waals surface area contributed by atoms with E-state index in [0.717, 1.165) is 29.8 Å². The van der Waals surface area contributed by atoms with Gasteiger partial charge in [0.05, 0.1) is 6.54 Å². The van der Waals surface area contributed by atoms with Crippen LogP contribution in [0.5, 0.6) is 0 Å². The van der Waals surface area contributed by atoms with Crippen molar-refractivity contribution >= 4 is 11.6 Å². The second-order valence-corrected chi connectivity index (χ2v) is 5.84. The second kappa shape index (κ2) is 6.28. The van der Waals surface area contributed by atoms with E-state index >= 15 is 0 Å². The van der Waals surface area contributed by atoms with Crippen LogP contribution >= 0.6 is 0 Å². The number of aryl methyl sites for hydroxylation is 1. The summed E-state index contributed by atoms with van der Waals surface area (Å²) in [5.41, 5.74) is 4.40. The third kappa shape index (κ3) is 2.99. The quantitative estimate of drug-likeness (QED) is 0.907. The highest BCUT2D eigenvalue weighted by atomic mass is 16.2. The van der Waals surface area contributed by atoms with Gasteiger partial charge in [-0.05, 0) is 49.1 Å². The fraction of sp³-hybridized carbons (Fsp3) is 0.333. The van der Waals surface area contributed by atoms with Gasteiger partial charge in [0.25, 0.3) is 11.5 Å². The van der Waals surface area contributed by atoms with Crippen LogP contribution in [0.15, 0.2) is 35.3 Å². The van der Waals surface area contributed by atoms with E-state index in [2.05, 4.69) is 16.7 Å². The summed E-state index contributed by atoms with van der Waals surface area (Å²) in [5, 5.41) is 6.05. The summed E-state index contributed by atoms with van der Waals surface area (Å²) in [6, 6.07) is 7.76. The van der Waals surface area contributed by atoms with Crippen LogP contribution in [0.4, 0.5) is 5.69 Å². The molecule has 0 saturated carbocycles. The summed E-state index contributed by atoms with van der Waals surface area (Å²) in [6.45, 7) is 5.66. The molecule has 0 spiro atoms. The van der Waals surface area contributed by atoms with Crippen molar-refractivity contribution in [1.82, 2.24) is 9.88 Å². The van der Waals surface area contributed by atoms with Gasteiger partial charge in [-0.1, -0.05) is 12.1 Å². The van der Waals surface area contributed by atoms with Gasteiger partial charge in [-0.2, -0.15) is 0 Å². The van der Waals surface area contributed by atoms with Gasteiger partial charge in [0, 0.05) is 25.0 Å². The molecular weight excluding hydrogens is 290 g/mol. The molecule has 2 N–H and O–H groups in total. The van der Waals surface area contributed by atoms with Crippen molar-refractivity contribution in [3.05, 3.63) is 63.1 Å². The first-order chi connectivity index (χ1) is 11.1. The summed E-state index contributed by atoms with van der Waals surface area (Å²) in [5.74, 6) is -0.310. The Hall–Kier alpha value is -2.56. The number of fused-ring (bicyclic) bond motifs is 1. The molecule has 3 rings (SSSR count). The maximum Gasteiger partial charge on any atom is 0.263 e. The lowest BCUT2D eigenvalue weighted by Gasteiger charge is -2.12. The Morgan fingerprint density at radius 3 is 3.00 bits per heavy atom. The lowest BCUT2D eigenvalue weighted by atomic mass is 10.0. The average Bonchev–Trinajstić information content (AvgIpc) is 3.00. The molecule has 0 unspecified atom stereocenters. The molecule has 0 aliphatic carbocycles. The van der Waals surface area contributed by atoms with E-state index in [4.69, 9.17) is 0 Å². The molecule has 120 valence electrons. The Bertz CT molecular complexity index is 808. The first-order valence-electron chi connectivity index (χ1n) is 7.94. The van der Waals surface area contributed by atoms with Crippen LogP contribution in [0.3, 0.4) is 0 Å².